The van der Waals surface area contributed by atoms with Gasteiger partial charge in [-0.15, -0.1) is 0 Å². The second-order valence-electron chi connectivity index (χ2n) is 8.42. The van der Waals surface area contributed by atoms with Gasteiger partial charge in [0.15, 0.2) is 0 Å². The first-order valence-electron chi connectivity index (χ1n) is 11.3. The van der Waals surface area contributed by atoms with Crippen LogP contribution in [0.5, 0.6) is 0 Å². The van der Waals surface area contributed by atoms with Crippen LogP contribution >= 0.6 is 0 Å². The predicted molar refractivity (Wildman–Crippen MR) is 125 cm³/mol. The average molecular weight is 431 g/mol. The molecule has 1 aliphatic rings. The molecule has 1 fully saturated rings. The van der Waals surface area contributed by atoms with Crippen molar-refractivity contribution < 1.29 is 9.59 Å². The summed E-state index contributed by atoms with van der Waals surface area (Å²) < 4.78 is 2.00. The topological polar surface area (TPSA) is 67.2 Å². The number of rotatable bonds is 7. The van der Waals surface area contributed by atoms with E-state index in [0.717, 1.165) is 36.3 Å². The highest BCUT2D eigenvalue weighted by Gasteiger charge is 2.24. The zero-order valence-corrected chi connectivity index (χ0v) is 18.5. The van der Waals surface area contributed by atoms with E-state index in [2.05, 4.69) is 22.4 Å². The minimum Gasteiger partial charge on any atom is -0.352 e. The minimum absolute atomic E-state index is 0.0661. The summed E-state index contributed by atoms with van der Waals surface area (Å²) in [5.41, 5.74) is 2.88. The number of amides is 2. The van der Waals surface area contributed by atoms with Gasteiger partial charge in [0.25, 0.3) is 5.91 Å². The van der Waals surface area contributed by atoms with Gasteiger partial charge in [-0.3, -0.25) is 9.59 Å². The van der Waals surface area contributed by atoms with Crippen LogP contribution in [0.3, 0.4) is 0 Å². The molecule has 6 nitrogen and oxygen atoms in total. The van der Waals surface area contributed by atoms with Gasteiger partial charge < -0.3 is 14.8 Å². The third kappa shape index (κ3) is 5.44. The number of imidazole rings is 1. The van der Waals surface area contributed by atoms with E-state index in [9.17, 15) is 9.59 Å². The Morgan fingerprint density at radius 3 is 2.53 bits per heavy atom. The van der Waals surface area contributed by atoms with Crippen molar-refractivity contribution in [3.8, 4) is 11.1 Å². The van der Waals surface area contributed by atoms with Crippen molar-refractivity contribution in [1.82, 2.24) is 19.8 Å². The molecule has 1 atom stereocenters. The average Bonchev–Trinajstić information content (AvgIpc) is 3.26. The maximum Gasteiger partial charge on any atom is 0.251 e. The van der Waals surface area contributed by atoms with Crippen molar-refractivity contribution in [3.63, 3.8) is 0 Å². The number of aromatic nitrogens is 2. The van der Waals surface area contributed by atoms with Gasteiger partial charge in [0.05, 0.1) is 0 Å². The highest BCUT2D eigenvalue weighted by molar-refractivity contribution is 5.94. The first-order chi connectivity index (χ1) is 15.6. The van der Waals surface area contributed by atoms with Crippen LogP contribution in [0.2, 0.25) is 0 Å². The fourth-order valence-corrected chi connectivity index (χ4v) is 4.26. The third-order valence-electron chi connectivity index (χ3n) is 6.17. The Bertz CT molecular complexity index is 1040. The maximum absolute atomic E-state index is 12.7. The van der Waals surface area contributed by atoms with Crippen LogP contribution in [0, 0.1) is 12.8 Å². The molecule has 2 aromatic carbocycles. The lowest BCUT2D eigenvalue weighted by atomic mass is 9.97. The second kappa shape index (κ2) is 10.3. The van der Waals surface area contributed by atoms with Crippen molar-refractivity contribution in [2.75, 3.05) is 19.6 Å². The Morgan fingerprint density at radius 1 is 1.06 bits per heavy atom. The summed E-state index contributed by atoms with van der Waals surface area (Å²) in [4.78, 5) is 31.4. The van der Waals surface area contributed by atoms with E-state index in [-0.39, 0.29) is 17.7 Å². The summed E-state index contributed by atoms with van der Waals surface area (Å²) in [6, 6.07) is 17.8. The molecule has 1 aliphatic heterocycles. The molecule has 32 heavy (non-hydrogen) atoms. The number of likely N-dealkylation sites (tertiary alicyclic amines) is 1. The van der Waals surface area contributed by atoms with Gasteiger partial charge >= 0.3 is 0 Å². The highest BCUT2D eigenvalue weighted by Crippen LogP contribution is 2.20. The van der Waals surface area contributed by atoms with Crippen molar-refractivity contribution in [3.05, 3.63) is 78.4 Å². The van der Waals surface area contributed by atoms with Crippen molar-refractivity contribution in [2.45, 2.75) is 32.7 Å². The first-order valence-corrected chi connectivity index (χ1v) is 11.3. The molecule has 4 rings (SSSR count). The summed E-state index contributed by atoms with van der Waals surface area (Å²) in [6.07, 6.45) is 6.14. The lowest BCUT2D eigenvalue weighted by Crippen LogP contribution is -2.43. The largest absolute Gasteiger partial charge is 0.352 e. The number of benzene rings is 2. The molecule has 2 heterocycles. The van der Waals surface area contributed by atoms with Crippen LogP contribution in [0.25, 0.3) is 11.1 Å². The van der Waals surface area contributed by atoms with E-state index in [4.69, 9.17) is 0 Å². The second-order valence-corrected chi connectivity index (χ2v) is 8.42. The molecule has 6 heteroatoms. The van der Waals surface area contributed by atoms with Gasteiger partial charge in [-0.05, 0) is 48.9 Å². The summed E-state index contributed by atoms with van der Waals surface area (Å²) in [7, 11) is 0. The fourth-order valence-electron chi connectivity index (χ4n) is 4.26. The number of carbonyl (C=O) groups is 2. The zero-order valence-electron chi connectivity index (χ0n) is 18.5. The number of nitrogens with zero attached hydrogens (tertiary/aromatic N) is 3. The van der Waals surface area contributed by atoms with E-state index < -0.39 is 0 Å². The number of piperidine rings is 1. The molecule has 0 bridgehead atoms. The smallest absolute Gasteiger partial charge is 0.251 e. The Labute approximate surface area is 189 Å². The van der Waals surface area contributed by atoms with Gasteiger partial charge in [0, 0.05) is 50.6 Å². The molecule has 166 valence electrons. The van der Waals surface area contributed by atoms with Crippen LogP contribution in [-0.2, 0) is 11.3 Å². The summed E-state index contributed by atoms with van der Waals surface area (Å²) in [6.45, 7) is 4.69. The fraction of sp³-hybridized carbons (Fsp3) is 0.346. The van der Waals surface area contributed by atoms with E-state index in [1.54, 1.807) is 6.20 Å². The van der Waals surface area contributed by atoms with Crippen LogP contribution < -0.4 is 5.32 Å². The van der Waals surface area contributed by atoms with Gasteiger partial charge in [-0.25, -0.2) is 4.98 Å². The maximum atomic E-state index is 12.7. The predicted octanol–water partition coefficient (Wildman–Crippen LogP) is 3.92. The molecular weight excluding hydrogens is 400 g/mol. The Morgan fingerprint density at radius 2 is 1.81 bits per heavy atom. The Balaban J connectivity index is 1.25. The molecule has 3 aromatic rings. The molecule has 1 saturated heterocycles. The molecule has 0 unspecified atom stereocenters. The SMILES string of the molecule is Cc1nccn1CCC(=O)N1CCC[C@H](CNC(=O)c2ccc(-c3ccccc3)cc2)C1. The quantitative estimate of drug-likeness (QED) is 0.618. The minimum atomic E-state index is -0.0661. The van der Waals surface area contributed by atoms with Gasteiger partial charge in [-0.2, -0.15) is 0 Å². The summed E-state index contributed by atoms with van der Waals surface area (Å²) in [5.74, 6) is 1.32. The van der Waals surface area contributed by atoms with Crippen LogP contribution in [0.4, 0.5) is 0 Å². The Kier molecular flexibility index (Phi) is 7.00. The Hall–Kier alpha value is -3.41. The third-order valence-corrected chi connectivity index (χ3v) is 6.17. The van der Waals surface area contributed by atoms with Gasteiger partial charge in [-0.1, -0.05) is 42.5 Å². The monoisotopic (exact) mass is 430 g/mol. The van der Waals surface area contributed by atoms with Crippen molar-refractivity contribution >= 4 is 11.8 Å². The number of hydrogen-bond donors (Lipinski definition) is 1. The van der Waals surface area contributed by atoms with Crippen molar-refractivity contribution in [1.29, 1.82) is 0 Å². The van der Waals surface area contributed by atoms with Crippen LogP contribution in [-0.4, -0.2) is 45.9 Å². The van der Waals surface area contributed by atoms with Gasteiger partial charge in [0.2, 0.25) is 5.91 Å². The molecule has 1 aromatic heterocycles. The van der Waals surface area contributed by atoms with Gasteiger partial charge in [0.1, 0.15) is 5.82 Å². The van der Waals surface area contributed by atoms with E-state index in [0.29, 0.717) is 31.6 Å². The first kappa shape index (κ1) is 21.8. The molecular formula is C26H30N4O2. The number of hydrogen-bond acceptors (Lipinski definition) is 3. The lowest BCUT2D eigenvalue weighted by molar-refractivity contribution is -0.133. The number of nitrogens with one attached hydrogen (secondary N) is 1. The van der Waals surface area contributed by atoms with Crippen LogP contribution in [0.15, 0.2) is 67.0 Å². The normalized spacial score (nSPS) is 16.0. The molecule has 0 spiro atoms. The zero-order chi connectivity index (χ0) is 22.3. The van der Waals surface area contributed by atoms with Crippen LogP contribution in [0.1, 0.15) is 35.4 Å². The standard InChI is InChI=1S/C26H30N4O2/c1-20-27-14-17-29(20)16-13-25(31)30-15-5-6-21(19-30)18-28-26(32)24-11-9-23(10-12-24)22-7-3-2-4-8-22/h2-4,7-12,14,17,21H,5-6,13,15-16,18-19H2,1H3,(H,28,32)/t21-/m1/s1. The van der Waals surface area contributed by atoms with E-state index >= 15 is 0 Å². The summed E-state index contributed by atoms with van der Waals surface area (Å²) in [5, 5.41) is 3.06. The molecule has 0 aliphatic carbocycles. The summed E-state index contributed by atoms with van der Waals surface area (Å²) >= 11 is 0. The highest BCUT2D eigenvalue weighted by atomic mass is 16.2. The molecule has 0 radical (unpaired) electrons. The number of aryl methyl sites for hydroxylation is 2. The van der Waals surface area contributed by atoms with Crippen molar-refractivity contribution in [2.24, 2.45) is 5.92 Å². The number of carbonyl (C=O) groups excluding carboxylic acids is 2. The van der Waals surface area contributed by atoms with E-state index in [1.165, 1.54) is 0 Å². The molecule has 0 saturated carbocycles. The molecule has 1 N–H and O–H groups in total. The molecule has 2 amide bonds. The lowest BCUT2D eigenvalue weighted by Gasteiger charge is -2.33. The van der Waals surface area contributed by atoms with E-state index in [1.807, 2.05) is 65.1 Å².